The van der Waals surface area contributed by atoms with Crippen LogP contribution in [0.2, 0.25) is 0 Å². The van der Waals surface area contributed by atoms with Crippen LogP contribution in [0.1, 0.15) is 123 Å². The van der Waals surface area contributed by atoms with Crippen LogP contribution in [-0.2, 0) is 4.79 Å². The van der Waals surface area contributed by atoms with Crippen molar-refractivity contribution in [3.63, 3.8) is 0 Å². The van der Waals surface area contributed by atoms with Gasteiger partial charge in [-0.3, -0.25) is 4.79 Å². The predicted molar refractivity (Wildman–Crippen MR) is 121 cm³/mol. The Kier molecular flexibility index (Phi) is 7.85. The summed E-state index contributed by atoms with van der Waals surface area (Å²) in [5, 5.41) is 0. The fourth-order valence-corrected chi connectivity index (χ4v) is 7.86. The van der Waals surface area contributed by atoms with Crippen LogP contribution < -0.4 is 0 Å². The number of carbonyl (C=O) groups excluding carboxylic acids is 1. The van der Waals surface area contributed by atoms with E-state index in [2.05, 4.69) is 13.8 Å². The maximum atomic E-state index is 13.5. The number of halogens is 2. The Bertz CT molecular complexity index is 511. The Morgan fingerprint density at radius 3 is 1.64 bits per heavy atom. The van der Waals surface area contributed by atoms with Gasteiger partial charge in [-0.25, -0.2) is 0 Å². The standard InChI is InChI=1S/C25H42Cl2O/c1-3-5-6-7-8-9-11-21-14-18-24(19-15-21)22(28)23(25(24,26)27)16-12-20(10-4-2)13-17-23/h20-21H,3-19H2,1-2H3. The molecule has 3 aliphatic carbocycles. The SMILES string of the molecule is CCCCCCCCC1CCC2(CC1)C(=O)C1(CCC(CCC)CC1)C2(Cl)Cl. The van der Waals surface area contributed by atoms with E-state index >= 15 is 0 Å². The van der Waals surface area contributed by atoms with E-state index in [9.17, 15) is 4.79 Å². The lowest BCUT2D eigenvalue weighted by Crippen LogP contribution is -2.74. The normalized spacial score (nSPS) is 37.4. The molecule has 0 N–H and O–H groups in total. The Morgan fingerprint density at radius 1 is 0.714 bits per heavy atom. The molecule has 0 unspecified atom stereocenters. The summed E-state index contributed by atoms with van der Waals surface area (Å²) in [6, 6.07) is 0. The van der Waals surface area contributed by atoms with Gasteiger partial charge in [0, 0.05) is 0 Å². The maximum Gasteiger partial charge on any atom is 0.151 e. The van der Waals surface area contributed by atoms with Gasteiger partial charge in [-0.1, -0.05) is 94.8 Å². The molecule has 2 spiro atoms. The average Bonchev–Trinajstić information content (AvgIpc) is 2.71. The van der Waals surface area contributed by atoms with E-state index in [0.717, 1.165) is 63.2 Å². The Balaban J connectivity index is 1.48. The van der Waals surface area contributed by atoms with Gasteiger partial charge in [0.2, 0.25) is 0 Å². The molecule has 1 nitrogen and oxygen atoms in total. The second-order valence-corrected chi connectivity index (χ2v) is 11.6. The minimum Gasteiger partial charge on any atom is -0.298 e. The van der Waals surface area contributed by atoms with Crippen LogP contribution in [0.4, 0.5) is 0 Å². The predicted octanol–water partition coefficient (Wildman–Crippen LogP) is 8.65. The lowest BCUT2D eigenvalue weighted by Gasteiger charge is -2.67. The first-order chi connectivity index (χ1) is 13.4. The van der Waals surface area contributed by atoms with E-state index in [0.29, 0.717) is 5.78 Å². The number of Topliss-reactive ketones (excluding diaryl/α,β-unsaturated/α-hetero) is 1. The molecule has 3 saturated carbocycles. The molecule has 3 fully saturated rings. The van der Waals surface area contributed by atoms with Gasteiger partial charge in [-0.15, -0.1) is 0 Å². The lowest BCUT2D eigenvalue weighted by molar-refractivity contribution is -0.172. The van der Waals surface area contributed by atoms with E-state index in [1.807, 2.05) is 0 Å². The summed E-state index contributed by atoms with van der Waals surface area (Å²) in [7, 11) is 0. The third-order valence-corrected chi connectivity index (χ3v) is 10.1. The van der Waals surface area contributed by atoms with Gasteiger partial charge in [-0.2, -0.15) is 0 Å². The topological polar surface area (TPSA) is 17.1 Å². The summed E-state index contributed by atoms with van der Waals surface area (Å²) in [5.41, 5.74) is -0.849. The monoisotopic (exact) mass is 428 g/mol. The van der Waals surface area contributed by atoms with E-state index in [-0.39, 0.29) is 0 Å². The van der Waals surface area contributed by atoms with Crippen LogP contribution in [0.5, 0.6) is 0 Å². The Hall–Kier alpha value is 0.250. The number of rotatable bonds is 9. The first kappa shape index (κ1) is 22.9. The van der Waals surface area contributed by atoms with Crippen LogP contribution in [0.15, 0.2) is 0 Å². The maximum absolute atomic E-state index is 13.5. The van der Waals surface area contributed by atoms with Gasteiger partial charge < -0.3 is 0 Å². The molecule has 0 saturated heterocycles. The summed E-state index contributed by atoms with van der Waals surface area (Å²) in [5.74, 6) is 2.00. The summed E-state index contributed by atoms with van der Waals surface area (Å²) in [6.07, 6.45) is 20.3. The summed E-state index contributed by atoms with van der Waals surface area (Å²) in [4.78, 5) is 13.5. The van der Waals surface area contributed by atoms with E-state index in [1.165, 1.54) is 57.8 Å². The van der Waals surface area contributed by atoms with Gasteiger partial charge >= 0.3 is 0 Å². The minimum absolute atomic E-state index is 0.424. The second-order valence-electron chi connectivity index (χ2n) is 10.3. The van der Waals surface area contributed by atoms with Crippen molar-refractivity contribution >= 4 is 29.0 Å². The lowest BCUT2D eigenvalue weighted by atomic mass is 9.42. The highest BCUT2D eigenvalue weighted by molar-refractivity contribution is 6.55. The van der Waals surface area contributed by atoms with Gasteiger partial charge in [-0.05, 0) is 63.2 Å². The molecule has 3 heteroatoms. The summed E-state index contributed by atoms with van der Waals surface area (Å²) >= 11 is 14.1. The molecule has 28 heavy (non-hydrogen) atoms. The highest BCUT2D eigenvalue weighted by Gasteiger charge is 2.78. The third kappa shape index (κ3) is 3.93. The van der Waals surface area contributed by atoms with Crippen LogP contribution >= 0.6 is 23.2 Å². The van der Waals surface area contributed by atoms with Crippen LogP contribution in [0, 0.1) is 22.7 Å². The first-order valence-electron chi connectivity index (χ1n) is 12.4. The molecule has 3 rings (SSSR count). The van der Waals surface area contributed by atoms with Crippen molar-refractivity contribution in [2.24, 2.45) is 22.7 Å². The molecule has 0 aromatic heterocycles. The van der Waals surface area contributed by atoms with Gasteiger partial charge in [0.15, 0.2) is 5.78 Å². The third-order valence-electron chi connectivity index (χ3n) is 8.65. The number of hydrogen-bond donors (Lipinski definition) is 0. The zero-order valence-electron chi connectivity index (χ0n) is 18.3. The fourth-order valence-electron chi connectivity index (χ4n) is 6.76. The zero-order valence-corrected chi connectivity index (χ0v) is 19.9. The quantitative estimate of drug-likeness (QED) is 0.265. The minimum atomic E-state index is -0.820. The largest absolute Gasteiger partial charge is 0.298 e. The molecular weight excluding hydrogens is 387 g/mol. The van der Waals surface area contributed by atoms with Crippen molar-refractivity contribution in [2.75, 3.05) is 0 Å². The number of unbranched alkanes of at least 4 members (excludes halogenated alkanes) is 5. The summed E-state index contributed by atoms with van der Waals surface area (Å²) in [6.45, 7) is 4.53. The zero-order chi connectivity index (χ0) is 20.3. The Morgan fingerprint density at radius 2 is 1.18 bits per heavy atom. The van der Waals surface area contributed by atoms with E-state index in [4.69, 9.17) is 23.2 Å². The van der Waals surface area contributed by atoms with Crippen LogP contribution in [0.25, 0.3) is 0 Å². The molecule has 0 bridgehead atoms. The highest BCUT2D eigenvalue weighted by atomic mass is 35.5. The number of ketones is 1. The molecule has 162 valence electrons. The molecular formula is C25H42Cl2O. The molecule has 0 amide bonds. The molecule has 0 radical (unpaired) electrons. The molecule has 0 atom stereocenters. The van der Waals surface area contributed by atoms with Crippen LogP contribution in [-0.4, -0.2) is 10.1 Å². The van der Waals surface area contributed by atoms with Crippen LogP contribution in [0.3, 0.4) is 0 Å². The first-order valence-corrected chi connectivity index (χ1v) is 13.1. The van der Waals surface area contributed by atoms with Gasteiger partial charge in [0.25, 0.3) is 0 Å². The van der Waals surface area contributed by atoms with Crippen molar-refractivity contribution in [3.8, 4) is 0 Å². The molecule has 0 aromatic rings. The Labute approximate surface area is 183 Å². The van der Waals surface area contributed by atoms with Crippen molar-refractivity contribution in [2.45, 2.75) is 127 Å². The summed E-state index contributed by atoms with van der Waals surface area (Å²) < 4.78 is -0.820. The molecule has 3 aliphatic rings. The molecule has 0 aromatic carbocycles. The number of carbonyl (C=O) groups is 1. The van der Waals surface area contributed by atoms with Crippen molar-refractivity contribution in [1.82, 2.24) is 0 Å². The van der Waals surface area contributed by atoms with Crippen molar-refractivity contribution < 1.29 is 4.79 Å². The second kappa shape index (κ2) is 9.59. The smallest absolute Gasteiger partial charge is 0.151 e. The van der Waals surface area contributed by atoms with Gasteiger partial charge in [0.1, 0.15) is 4.33 Å². The molecule has 0 heterocycles. The molecule has 0 aliphatic heterocycles. The average molecular weight is 430 g/mol. The fraction of sp³-hybridized carbons (Fsp3) is 0.960. The van der Waals surface area contributed by atoms with E-state index < -0.39 is 15.2 Å². The van der Waals surface area contributed by atoms with Gasteiger partial charge in [0.05, 0.1) is 10.8 Å². The number of alkyl halides is 2. The number of hydrogen-bond acceptors (Lipinski definition) is 1. The van der Waals surface area contributed by atoms with E-state index in [1.54, 1.807) is 0 Å². The van der Waals surface area contributed by atoms with Crippen molar-refractivity contribution in [1.29, 1.82) is 0 Å². The van der Waals surface area contributed by atoms with Crippen molar-refractivity contribution in [3.05, 3.63) is 0 Å². The highest BCUT2D eigenvalue weighted by Crippen LogP contribution is 2.74.